The Hall–Kier alpha value is -3.19. The van der Waals surface area contributed by atoms with Gasteiger partial charge in [-0.1, -0.05) is 27.7 Å². The molecule has 2 N–H and O–H groups in total. The van der Waals surface area contributed by atoms with Crippen LogP contribution >= 0.6 is 0 Å². The van der Waals surface area contributed by atoms with Gasteiger partial charge in [0.25, 0.3) is 5.56 Å². The topological polar surface area (TPSA) is 96.4 Å². The van der Waals surface area contributed by atoms with Crippen molar-refractivity contribution in [1.29, 1.82) is 0 Å². The summed E-state index contributed by atoms with van der Waals surface area (Å²) in [5.41, 5.74) is 11.5. The van der Waals surface area contributed by atoms with Crippen molar-refractivity contribution < 1.29 is 14.3 Å². The zero-order valence-electron chi connectivity index (χ0n) is 20.9. The Kier molecular flexibility index (Phi) is 8.45. The van der Waals surface area contributed by atoms with Crippen LogP contribution in [0.15, 0.2) is 29.1 Å². The number of aryl methyl sites for hydroxylation is 2. The molecule has 1 aromatic carbocycles. The molecule has 0 aliphatic carbocycles. The second kappa shape index (κ2) is 11.3. The normalized spacial score (nSPS) is 11.5. The molecule has 0 saturated carbocycles. The van der Waals surface area contributed by atoms with Crippen molar-refractivity contribution in [3.05, 3.63) is 56.9 Å². The van der Waals surface area contributed by atoms with Crippen LogP contribution < -0.4 is 16.0 Å². The Balaban J connectivity index is 0.00000158. The van der Waals surface area contributed by atoms with Crippen LogP contribution in [0.5, 0.6) is 5.75 Å². The minimum atomic E-state index is -0.316. The molecule has 0 spiro atoms. The lowest BCUT2D eigenvalue weighted by molar-refractivity contribution is -0.144. The quantitative estimate of drug-likeness (QED) is 0.304. The van der Waals surface area contributed by atoms with E-state index >= 15 is 0 Å². The first-order chi connectivity index (χ1) is 16.5. The number of pyridine rings is 2. The molecule has 0 saturated heterocycles. The second-order valence-electron chi connectivity index (χ2n) is 8.04. The van der Waals surface area contributed by atoms with E-state index in [1.807, 2.05) is 45.0 Å². The first-order valence-corrected chi connectivity index (χ1v) is 12.2. The molecule has 1 aliphatic heterocycles. The monoisotopic (exact) mass is 465 g/mol. The second-order valence-corrected chi connectivity index (χ2v) is 8.04. The zero-order valence-corrected chi connectivity index (χ0v) is 20.9. The third-order valence-electron chi connectivity index (χ3n) is 5.99. The van der Waals surface area contributed by atoms with Crippen LogP contribution in [0.1, 0.15) is 62.8 Å². The lowest BCUT2D eigenvalue weighted by Crippen LogP contribution is -2.25. The number of ether oxygens (including phenoxy) is 2. The Morgan fingerprint density at radius 3 is 2.62 bits per heavy atom. The Labute approximate surface area is 200 Å². The maximum absolute atomic E-state index is 13.3. The van der Waals surface area contributed by atoms with Gasteiger partial charge in [-0.05, 0) is 61.7 Å². The van der Waals surface area contributed by atoms with Crippen molar-refractivity contribution in [2.24, 2.45) is 5.73 Å². The van der Waals surface area contributed by atoms with E-state index in [2.05, 4.69) is 6.92 Å². The van der Waals surface area contributed by atoms with Crippen molar-refractivity contribution in [1.82, 2.24) is 9.55 Å². The summed E-state index contributed by atoms with van der Waals surface area (Å²) >= 11 is 0. The first-order valence-electron chi connectivity index (χ1n) is 12.2. The number of esters is 1. The van der Waals surface area contributed by atoms with Crippen LogP contribution in [0, 0.1) is 6.92 Å². The predicted molar refractivity (Wildman–Crippen MR) is 135 cm³/mol. The minimum Gasteiger partial charge on any atom is -0.494 e. The predicted octanol–water partition coefficient (Wildman–Crippen LogP) is 4.50. The number of carbonyl (C=O) groups excluding carboxylic acids is 1. The van der Waals surface area contributed by atoms with Crippen molar-refractivity contribution in [3.8, 4) is 17.1 Å². The maximum atomic E-state index is 13.3. The summed E-state index contributed by atoms with van der Waals surface area (Å²) in [7, 11) is 0. The summed E-state index contributed by atoms with van der Waals surface area (Å²) in [5, 5.41) is 1.05. The molecule has 7 nitrogen and oxygen atoms in total. The number of hydrogen-bond acceptors (Lipinski definition) is 6. The van der Waals surface area contributed by atoms with E-state index < -0.39 is 0 Å². The lowest BCUT2D eigenvalue weighted by atomic mass is 9.98. The van der Waals surface area contributed by atoms with Gasteiger partial charge in [-0.25, -0.2) is 4.98 Å². The number of fused-ring (bicyclic) bond motifs is 4. The van der Waals surface area contributed by atoms with E-state index in [1.165, 1.54) is 5.56 Å². The van der Waals surface area contributed by atoms with Crippen LogP contribution in [0.25, 0.3) is 22.3 Å². The van der Waals surface area contributed by atoms with Crippen molar-refractivity contribution in [3.63, 3.8) is 0 Å². The Bertz CT molecular complexity index is 1250. The number of nitrogens with two attached hydrogens (primary N) is 1. The average Bonchev–Trinajstić information content (AvgIpc) is 3.21. The standard InChI is InChI=1S/C25H29N3O4.C2H6/c1-4-17-18-12-16(31-10-6-9-26)7-8-21(18)27-24-19(17)13-28-22(24)11-15(3)20(25(28)30)14-32-23(29)5-2;1-2/h7-8,11-12H,4-6,9-10,13-14,26H2,1-3H3;1-2H3. The van der Waals surface area contributed by atoms with Crippen molar-refractivity contribution in [2.75, 3.05) is 13.2 Å². The Morgan fingerprint density at radius 1 is 1.18 bits per heavy atom. The van der Waals surface area contributed by atoms with Crippen LogP contribution in [0.2, 0.25) is 0 Å². The maximum Gasteiger partial charge on any atom is 0.305 e. The van der Waals surface area contributed by atoms with Crippen LogP contribution in [-0.4, -0.2) is 28.7 Å². The number of benzene rings is 1. The molecule has 7 heteroatoms. The summed E-state index contributed by atoms with van der Waals surface area (Å²) in [6.07, 6.45) is 1.90. The fraction of sp³-hybridized carbons (Fsp3) is 0.444. The van der Waals surface area contributed by atoms with E-state index in [0.29, 0.717) is 25.3 Å². The number of aromatic nitrogens is 2. The fourth-order valence-corrected chi connectivity index (χ4v) is 4.25. The van der Waals surface area contributed by atoms with E-state index in [4.69, 9.17) is 20.2 Å². The summed E-state index contributed by atoms with van der Waals surface area (Å²) in [5.74, 6) is 0.481. The molecule has 4 rings (SSSR count). The largest absolute Gasteiger partial charge is 0.494 e. The summed E-state index contributed by atoms with van der Waals surface area (Å²) < 4.78 is 12.8. The van der Waals surface area contributed by atoms with Gasteiger partial charge in [0.2, 0.25) is 0 Å². The summed E-state index contributed by atoms with van der Waals surface area (Å²) in [6.45, 7) is 11.4. The summed E-state index contributed by atoms with van der Waals surface area (Å²) in [6, 6.07) is 7.91. The highest BCUT2D eigenvalue weighted by Crippen LogP contribution is 2.37. The van der Waals surface area contributed by atoms with E-state index in [9.17, 15) is 9.59 Å². The number of rotatable bonds is 8. The van der Waals surface area contributed by atoms with Crippen molar-refractivity contribution >= 4 is 16.9 Å². The molecule has 1 aliphatic rings. The third-order valence-corrected chi connectivity index (χ3v) is 5.99. The lowest BCUT2D eigenvalue weighted by Gasteiger charge is -2.12. The smallest absolute Gasteiger partial charge is 0.305 e. The van der Waals surface area contributed by atoms with Gasteiger partial charge in [0.15, 0.2) is 0 Å². The number of nitrogens with zero attached hydrogens (tertiary/aromatic N) is 2. The molecule has 34 heavy (non-hydrogen) atoms. The van der Waals surface area contributed by atoms with E-state index in [1.54, 1.807) is 11.5 Å². The van der Waals surface area contributed by atoms with Crippen LogP contribution in [0.3, 0.4) is 0 Å². The minimum absolute atomic E-state index is 0.00645. The van der Waals surface area contributed by atoms with Gasteiger partial charge in [-0.2, -0.15) is 0 Å². The van der Waals surface area contributed by atoms with Crippen molar-refractivity contribution in [2.45, 2.75) is 67.0 Å². The molecule has 0 unspecified atom stereocenters. The van der Waals surface area contributed by atoms with Crippen LogP contribution in [0.4, 0.5) is 0 Å². The first kappa shape index (κ1) is 25.4. The molecule has 182 valence electrons. The van der Waals surface area contributed by atoms with Gasteiger partial charge >= 0.3 is 5.97 Å². The molecule has 3 heterocycles. The molecular formula is C27H35N3O4. The van der Waals surface area contributed by atoms with Gasteiger partial charge < -0.3 is 19.8 Å². The SMILES string of the molecule is CC.CCC(=O)OCc1c(C)cc2n(c1=O)Cc1c-2nc2ccc(OCCCN)cc2c1CC. The number of hydrogen-bond donors (Lipinski definition) is 1. The highest BCUT2D eigenvalue weighted by Gasteiger charge is 2.27. The average molecular weight is 466 g/mol. The van der Waals surface area contributed by atoms with Crippen LogP contribution in [-0.2, 0) is 29.1 Å². The van der Waals surface area contributed by atoms with E-state index in [0.717, 1.165) is 52.0 Å². The van der Waals surface area contributed by atoms with Gasteiger partial charge in [0, 0.05) is 17.4 Å². The zero-order chi connectivity index (χ0) is 24.8. The molecule has 2 aromatic heterocycles. The van der Waals surface area contributed by atoms with Gasteiger partial charge in [0.05, 0.1) is 35.6 Å². The third kappa shape index (κ3) is 4.85. The number of carbonyl (C=O) groups is 1. The summed E-state index contributed by atoms with van der Waals surface area (Å²) in [4.78, 5) is 29.8. The molecule has 0 bridgehead atoms. The highest BCUT2D eigenvalue weighted by molar-refractivity contribution is 5.89. The fourth-order valence-electron chi connectivity index (χ4n) is 4.25. The molecule has 0 amide bonds. The molecule has 0 radical (unpaired) electrons. The van der Waals surface area contributed by atoms with Gasteiger partial charge in [0.1, 0.15) is 12.4 Å². The van der Waals surface area contributed by atoms with Gasteiger partial charge in [-0.15, -0.1) is 0 Å². The molecule has 0 atom stereocenters. The highest BCUT2D eigenvalue weighted by atomic mass is 16.5. The van der Waals surface area contributed by atoms with E-state index in [-0.39, 0.29) is 24.6 Å². The molecule has 3 aromatic rings. The molecule has 0 fully saturated rings. The van der Waals surface area contributed by atoms with Gasteiger partial charge in [-0.3, -0.25) is 9.59 Å². The Morgan fingerprint density at radius 2 is 1.94 bits per heavy atom. The molecular weight excluding hydrogens is 430 g/mol.